The summed E-state index contributed by atoms with van der Waals surface area (Å²) in [6.07, 6.45) is 4.58. The molecule has 31 heavy (non-hydrogen) atoms. The molecule has 3 N–H and O–H groups in total. The minimum absolute atomic E-state index is 0.0947. The van der Waals surface area contributed by atoms with Crippen molar-refractivity contribution in [2.45, 2.75) is 59.7 Å². The van der Waals surface area contributed by atoms with Gasteiger partial charge in [-0.15, -0.1) is 0 Å². The van der Waals surface area contributed by atoms with Gasteiger partial charge in [0.1, 0.15) is 5.76 Å². The van der Waals surface area contributed by atoms with Crippen molar-refractivity contribution in [2.75, 3.05) is 26.7 Å². The number of nitrogens with one attached hydrogen (secondary N) is 2. The highest BCUT2D eigenvalue weighted by Gasteiger charge is 2.25. The normalized spacial score (nSPS) is 12.4. The summed E-state index contributed by atoms with van der Waals surface area (Å²) in [6.45, 7) is 10.5. The predicted molar refractivity (Wildman–Crippen MR) is 128 cm³/mol. The highest BCUT2D eigenvalue weighted by molar-refractivity contribution is 5.79. The van der Waals surface area contributed by atoms with Gasteiger partial charge in [-0.1, -0.05) is 38.1 Å². The molecule has 6 heteroatoms. The van der Waals surface area contributed by atoms with E-state index in [9.17, 15) is 5.11 Å². The standard InChI is InChI=1S/C25H40N4O2/c1-5-25(6-2,14-15-30)20-28-24(26-7-3)27-17-21-11-8-9-12-22(21)18-29(4)19-23-13-10-16-31-23/h8-13,16,30H,5-7,14-15,17-20H2,1-4H3,(H2,26,27,28). The Labute approximate surface area is 187 Å². The van der Waals surface area contributed by atoms with Crippen molar-refractivity contribution in [3.05, 3.63) is 59.5 Å². The van der Waals surface area contributed by atoms with Crippen LogP contribution in [0.25, 0.3) is 0 Å². The van der Waals surface area contributed by atoms with Gasteiger partial charge >= 0.3 is 0 Å². The van der Waals surface area contributed by atoms with Crippen LogP contribution in [0.2, 0.25) is 0 Å². The molecule has 2 aromatic rings. The summed E-state index contributed by atoms with van der Waals surface area (Å²) in [5.74, 6) is 1.79. The Balaban J connectivity index is 2.04. The van der Waals surface area contributed by atoms with Crippen LogP contribution in [0.1, 0.15) is 56.9 Å². The lowest BCUT2D eigenvalue weighted by Crippen LogP contribution is -2.43. The molecule has 0 atom stereocenters. The molecule has 0 unspecified atom stereocenters. The SMILES string of the molecule is CCNC(=NCc1ccccc1CN(C)Cc1ccco1)NCC(CC)(CC)CCO. The van der Waals surface area contributed by atoms with Crippen molar-refractivity contribution < 1.29 is 9.52 Å². The quantitative estimate of drug-likeness (QED) is 0.330. The second-order valence-electron chi connectivity index (χ2n) is 8.25. The Morgan fingerprint density at radius 1 is 1.03 bits per heavy atom. The topological polar surface area (TPSA) is 73.0 Å². The summed E-state index contributed by atoms with van der Waals surface area (Å²) in [5, 5.41) is 16.4. The minimum Gasteiger partial charge on any atom is -0.468 e. The number of furan rings is 1. The molecule has 0 saturated carbocycles. The Hall–Kier alpha value is -2.31. The number of aliphatic hydroxyl groups is 1. The number of benzene rings is 1. The number of aliphatic imine (C=N–C) groups is 1. The second-order valence-corrected chi connectivity index (χ2v) is 8.25. The largest absolute Gasteiger partial charge is 0.468 e. The molecule has 0 aliphatic rings. The van der Waals surface area contributed by atoms with Gasteiger partial charge in [0.15, 0.2) is 5.96 Å². The smallest absolute Gasteiger partial charge is 0.191 e. The molecule has 1 aromatic carbocycles. The lowest BCUT2D eigenvalue weighted by molar-refractivity contribution is 0.169. The van der Waals surface area contributed by atoms with E-state index in [1.807, 2.05) is 12.1 Å². The van der Waals surface area contributed by atoms with Crippen LogP contribution in [-0.2, 0) is 19.6 Å². The van der Waals surface area contributed by atoms with Crippen LogP contribution >= 0.6 is 0 Å². The molecule has 172 valence electrons. The third-order valence-electron chi connectivity index (χ3n) is 6.09. The van der Waals surface area contributed by atoms with Crippen molar-refractivity contribution in [1.82, 2.24) is 15.5 Å². The van der Waals surface area contributed by atoms with Gasteiger partial charge in [0.25, 0.3) is 0 Å². The first-order chi connectivity index (χ1) is 15.1. The average Bonchev–Trinajstić information content (AvgIpc) is 3.28. The summed E-state index contributed by atoms with van der Waals surface area (Å²) in [5.41, 5.74) is 2.59. The second kappa shape index (κ2) is 13.2. The molecule has 0 saturated heterocycles. The molecule has 0 aliphatic carbocycles. The molecular weight excluding hydrogens is 388 g/mol. The van der Waals surface area contributed by atoms with E-state index < -0.39 is 0 Å². The Morgan fingerprint density at radius 3 is 2.39 bits per heavy atom. The van der Waals surface area contributed by atoms with E-state index in [1.165, 1.54) is 11.1 Å². The molecule has 0 aliphatic heterocycles. The van der Waals surface area contributed by atoms with E-state index in [2.05, 4.69) is 67.6 Å². The summed E-state index contributed by atoms with van der Waals surface area (Å²) >= 11 is 0. The van der Waals surface area contributed by atoms with E-state index in [-0.39, 0.29) is 12.0 Å². The molecule has 0 radical (unpaired) electrons. The maximum Gasteiger partial charge on any atom is 0.191 e. The van der Waals surface area contributed by atoms with Gasteiger partial charge in [0.05, 0.1) is 19.4 Å². The molecule has 0 bridgehead atoms. The molecular formula is C25H40N4O2. The van der Waals surface area contributed by atoms with Crippen molar-refractivity contribution >= 4 is 5.96 Å². The summed E-state index contributed by atoms with van der Waals surface area (Å²) < 4.78 is 5.47. The van der Waals surface area contributed by atoms with Crippen LogP contribution < -0.4 is 10.6 Å². The highest BCUT2D eigenvalue weighted by Crippen LogP contribution is 2.29. The fourth-order valence-corrected chi connectivity index (χ4v) is 3.84. The molecule has 6 nitrogen and oxygen atoms in total. The lowest BCUT2D eigenvalue weighted by Gasteiger charge is -2.32. The molecule has 0 fully saturated rings. The molecule has 1 heterocycles. The molecule has 1 aromatic heterocycles. The number of rotatable bonds is 13. The Bertz CT molecular complexity index is 770. The zero-order chi connectivity index (χ0) is 22.5. The third-order valence-corrected chi connectivity index (χ3v) is 6.09. The zero-order valence-corrected chi connectivity index (χ0v) is 19.7. The van der Waals surface area contributed by atoms with Crippen LogP contribution in [0.4, 0.5) is 0 Å². The van der Waals surface area contributed by atoms with E-state index >= 15 is 0 Å². The van der Waals surface area contributed by atoms with Gasteiger partial charge in [0, 0.05) is 26.2 Å². The van der Waals surface area contributed by atoms with Gasteiger partial charge in [-0.25, -0.2) is 4.99 Å². The van der Waals surface area contributed by atoms with Gasteiger partial charge in [-0.2, -0.15) is 0 Å². The first-order valence-electron chi connectivity index (χ1n) is 11.5. The van der Waals surface area contributed by atoms with Crippen molar-refractivity contribution in [3.63, 3.8) is 0 Å². The van der Waals surface area contributed by atoms with Crippen LogP contribution in [0, 0.1) is 5.41 Å². The van der Waals surface area contributed by atoms with Crippen molar-refractivity contribution in [3.8, 4) is 0 Å². The number of nitrogens with zero attached hydrogens (tertiary/aromatic N) is 2. The lowest BCUT2D eigenvalue weighted by atomic mass is 9.79. The fourth-order valence-electron chi connectivity index (χ4n) is 3.84. The van der Waals surface area contributed by atoms with E-state index in [1.54, 1.807) is 6.26 Å². The maximum absolute atomic E-state index is 9.48. The summed E-state index contributed by atoms with van der Waals surface area (Å²) in [7, 11) is 2.10. The number of guanidine groups is 1. The predicted octanol–water partition coefficient (Wildman–Crippen LogP) is 4.16. The van der Waals surface area contributed by atoms with Crippen LogP contribution in [0.15, 0.2) is 52.1 Å². The first kappa shape index (κ1) is 25.0. The van der Waals surface area contributed by atoms with E-state index in [0.717, 1.165) is 57.2 Å². The van der Waals surface area contributed by atoms with Crippen LogP contribution in [0.3, 0.4) is 0 Å². The monoisotopic (exact) mass is 428 g/mol. The fraction of sp³-hybridized carbons (Fsp3) is 0.560. The van der Waals surface area contributed by atoms with Gasteiger partial charge in [-0.05, 0) is 61.9 Å². The van der Waals surface area contributed by atoms with Crippen molar-refractivity contribution in [1.29, 1.82) is 0 Å². The van der Waals surface area contributed by atoms with Crippen LogP contribution in [-0.4, -0.2) is 42.7 Å². The Morgan fingerprint density at radius 2 is 1.77 bits per heavy atom. The number of aliphatic hydroxyl groups excluding tert-OH is 1. The third kappa shape index (κ3) is 8.04. The Kier molecular flexibility index (Phi) is 10.6. The first-order valence-corrected chi connectivity index (χ1v) is 11.5. The molecule has 0 spiro atoms. The van der Waals surface area contributed by atoms with E-state index in [4.69, 9.17) is 9.41 Å². The number of hydrogen-bond donors (Lipinski definition) is 3. The minimum atomic E-state index is 0.0947. The summed E-state index contributed by atoms with van der Waals surface area (Å²) in [4.78, 5) is 7.10. The van der Waals surface area contributed by atoms with Crippen molar-refractivity contribution in [2.24, 2.45) is 10.4 Å². The molecule has 0 amide bonds. The highest BCUT2D eigenvalue weighted by atomic mass is 16.3. The summed E-state index contributed by atoms with van der Waals surface area (Å²) in [6, 6.07) is 12.4. The van der Waals surface area contributed by atoms with Gasteiger partial charge < -0.3 is 20.2 Å². The maximum atomic E-state index is 9.48. The average molecular weight is 429 g/mol. The number of hydrogen-bond acceptors (Lipinski definition) is 4. The van der Waals surface area contributed by atoms with E-state index in [0.29, 0.717) is 6.54 Å². The van der Waals surface area contributed by atoms with Gasteiger partial charge in [0.2, 0.25) is 0 Å². The van der Waals surface area contributed by atoms with Crippen LogP contribution in [0.5, 0.6) is 0 Å². The van der Waals surface area contributed by atoms with Gasteiger partial charge in [-0.3, -0.25) is 4.90 Å². The zero-order valence-electron chi connectivity index (χ0n) is 19.7. The molecule has 2 rings (SSSR count).